The number of β-amino-alcohol motifs (C(OH)–C–C–N with tert-alkyl or cyclic N) is 1. The van der Waals surface area contributed by atoms with E-state index in [1.807, 2.05) is 44.2 Å². The largest absolute Gasteiger partial charge is 0.445 e. The molecule has 10 nitrogen and oxygen atoms in total. The molecule has 10 heteroatoms. The summed E-state index contributed by atoms with van der Waals surface area (Å²) in [6, 6.07) is 7.37. The number of carbonyl (C=O) groups is 4. The van der Waals surface area contributed by atoms with Crippen molar-refractivity contribution in [2.75, 3.05) is 20.1 Å². The summed E-state index contributed by atoms with van der Waals surface area (Å²) in [4.78, 5) is 55.9. The fourth-order valence-electron chi connectivity index (χ4n) is 4.67. The van der Waals surface area contributed by atoms with Gasteiger partial charge in [-0.3, -0.25) is 14.5 Å². The second kappa shape index (κ2) is 14.0. The Labute approximate surface area is 238 Å². The molecule has 1 aliphatic heterocycles. The van der Waals surface area contributed by atoms with Crippen LogP contribution in [0.1, 0.15) is 73.3 Å². The number of amides is 3. The Morgan fingerprint density at radius 2 is 1.73 bits per heavy atom. The maximum absolute atomic E-state index is 13.9. The highest BCUT2D eigenvalue weighted by Crippen LogP contribution is 2.31. The van der Waals surface area contributed by atoms with E-state index in [1.165, 1.54) is 16.8 Å². The summed E-state index contributed by atoms with van der Waals surface area (Å²) in [6.07, 6.45) is -1.20. The molecule has 224 valence electrons. The van der Waals surface area contributed by atoms with Crippen LogP contribution in [-0.4, -0.2) is 82.7 Å². The molecule has 1 saturated heterocycles. The lowest BCUT2D eigenvalue weighted by molar-refractivity contribution is -0.139. The van der Waals surface area contributed by atoms with E-state index >= 15 is 0 Å². The molecule has 40 heavy (non-hydrogen) atoms. The molecular formula is C30H47N3O7. The number of Topliss-reactive ketones (excluding diaryl/α,β-unsaturated/α-hetero) is 1. The Hall–Kier alpha value is -3.14. The average molecular weight is 562 g/mol. The van der Waals surface area contributed by atoms with E-state index in [0.29, 0.717) is 19.4 Å². The number of carbonyl (C=O) groups excluding carboxylic acids is 4. The van der Waals surface area contributed by atoms with Crippen LogP contribution in [0.25, 0.3) is 0 Å². The van der Waals surface area contributed by atoms with Gasteiger partial charge in [-0.1, -0.05) is 58.0 Å². The first kappa shape index (κ1) is 33.1. The second-order valence-corrected chi connectivity index (χ2v) is 12.7. The number of alkyl carbamates (subject to hydrolysis) is 1. The van der Waals surface area contributed by atoms with Crippen molar-refractivity contribution >= 4 is 23.9 Å². The molecule has 1 heterocycles. The van der Waals surface area contributed by atoms with Crippen LogP contribution in [0.2, 0.25) is 0 Å². The molecule has 3 amide bonds. The quantitative estimate of drug-likeness (QED) is 0.416. The zero-order chi connectivity index (χ0) is 30.3. The minimum atomic E-state index is -1.11. The molecule has 3 atom stereocenters. The summed E-state index contributed by atoms with van der Waals surface area (Å²) < 4.78 is 10.9. The summed E-state index contributed by atoms with van der Waals surface area (Å²) in [6.45, 7) is 13.1. The smallest absolute Gasteiger partial charge is 0.410 e. The minimum absolute atomic E-state index is 0.00232. The molecule has 0 aromatic heterocycles. The van der Waals surface area contributed by atoms with Gasteiger partial charge in [-0.2, -0.15) is 0 Å². The zero-order valence-electron chi connectivity index (χ0n) is 25.2. The monoisotopic (exact) mass is 561 g/mol. The number of benzene rings is 1. The molecule has 0 aliphatic carbocycles. The van der Waals surface area contributed by atoms with Crippen LogP contribution in [0.15, 0.2) is 30.3 Å². The molecule has 1 unspecified atom stereocenters. The number of likely N-dealkylation sites (tertiary alicyclic amines) is 1. The molecule has 1 fully saturated rings. The van der Waals surface area contributed by atoms with Gasteiger partial charge in [0.25, 0.3) is 0 Å². The van der Waals surface area contributed by atoms with Crippen LogP contribution in [-0.2, 0) is 25.7 Å². The van der Waals surface area contributed by atoms with Gasteiger partial charge in [-0.25, -0.2) is 9.59 Å². The lowest BCUT2D eigenvalue weighted by Crippen LogP contribution is -2.54. The lowest BCUT2D eigenvalue weighted by atomic mass is 9.76. The van der Waals surface area contributed by atoms with Crippen molar-refractivity contribution in [2.24, 2.45) is 11.3 Å². The Morgan fingerprint density at radius 3 is 2.25 bits per heavy atom. The van der Waals surface area contributed by atoms with Gasteiger partial charge < -0.3 is 24.8 Å². The molecule has 0 radical (unpaired) electrons. The van der Waals surface area contributed by atoms with Crippen molar-refractivity contribution in [1.82, 2.24) is 15.1 Å². The Bertz CT molecular complexity index is 1020. The van der Waals surface area contributed by atoms with Gasteiger partial charge >= 0.3 is 12.2 Å². The van der Waals surface area contributed by atoms with Gasteiger partial charge in [0.2, 0.25) is 5.91 Å². The van der Waals surface area contributed by atoms with Gasteiger partial charge in [-0.05, 0) is 51.5 Å². The Kier molecular flexibility index (Phi) is 11.5. The zero-order valence-corrected chi connectivity index (χ0v) is 25.2. The van der Waals surface area contributed by atoms with Crippen molar-refractivity contribution in [2.45, 2.75) is 98.1 Å². The molecule has 1 aromatic carbocycles. The van der Waals surface area contributed by atoms with Gasteiger partial charge in [0.15, 0.2) is 5.78 Å². The van der Waals surface area contributed by atoms with Crippen LogP contribution in [0.4, 0.5) is 9.59 Å². The number of hydrogen-bond acceptors (Lipinski definition) is 7. The van der Waals surface area contributed by atoms with E-state index in [9.17, 15) is 24.3 Å². The van der Waals surface area contributed by atoms with E-state index < -0.39 is 41.4 Å². The molecule has 1 aliphatic rings. The fourth-order valence-corrected chi connectivity index (χ4v) is 4.67. The number of ketones is 1. The molecule has 2 rings (SSSR count). The topological polar surface area (TPSA) is 125 Å². The van der Waals surface area contributed by atoms with Crippen molar-refractivity contribution in [1.29, 1.82) is 0 Å². The highest BCUT2D eigenvalue weighted by Gasteiger charge is 2.43. The fraction of sp³-hybridized carbons (Fsp3) is 0.667. The molecule has 0 spiro atoms. The third kappa shape index (κ3) is 10.1. The van der Waals surface area contributed by atoms with Crippen molar-refractivity contribution in [3.63, 3.8) is 0 Å². The van der Waals surface area contributed by atoms with E-state index in [1.54, 1.807) is 34.6 Å². The van der Waals surface area contributed by atoms with E-state index in [0.717, 1.165) is 5.56 Å². The summed E-state index contributed by atoms with van der Waals surface area (Å²) in [5.41, 5.74) is -1.06. The molecule has 2 N–H and O–H groups in total. The normalized spacial score (nSPS) is 17.2. The predicted octanol–water partition coefficient (Wildman–Crippen LogP) is 4.14. The van der Waals surface area contributed by atoms with E-state index in [-0.39, 0.29) is 37.2 Å². The lowest BCUT2D eigenvalue weighted by Gasteiger charge is -2.37. The van der Waals surface area contributed by atoms with Crippen molar-refractivity contribution in [3.05, 3.63) is 35.9 Å². The Balaban J connectivity index is 2.24. The first-order valence-corrected chi connectivity index (χ1v) is 13.9. The van der Waals surface area contributed by atoms with Gasteiger partial charge in [-0.15, -0.1) is 0 Å². The number of nitrogens with one attached hydrogen (secondary N) is 1. The number of nitrogens with zero attached hydrogens (tertiary/aromatic N) is 2. The maximum Gasteiger partial charge on any atom is 0.410 e. The first-order chi connectivity index (χ1) is 18.5. The number of ether oxygens (including phenoxy) is 2. The van der Waals surface area contributed by atoms with E-state index in [4.69, 9.17) is 9.47 Å². The van der Waals surface area contributed by atoms with Crippen LogP contribution < -0.4 is 5.32 Å². The van der Waals surface area contributed by atoms with Crippen LogP contribution >= 0.6 is 0 Å². The number of rotatable bonds is 11. The predicted molar refractivity (Wildman–Crippen MR) is 151 cm³/mol. The van der Waals surface area contributed by atoms with Crippen LogP contribution in [0, 0.1) is 11.3 Å². The SMILES string of the molecule is CC(C)C[C@H](NC(=O)OCc1ccccc1)C(=O)C(C)(C)C[C@@H](C(=O)N1CCC(O)C1)N(C)C(=O)OC(C)(C)C. The molecule has 0 saturated carbocycles. The third-order valence-electron chi connectivity index (χ3n) is 6.81. The third-order valence-corrected chi connectivity index (χ3v) is 6.81. The summed E-state index contributed by atoms with van der Waals surface area (Å²) in [7, 11) is 1.48. The number of likely N-dealkylation sites (N-methyl/N-ethyl adjacent to an activating group) is 1. The number of hydrogen-bond donors (Lipinski definition) is 2. The van der Waals surface area contributed by atoms with Gasteiger partial charge in [0.05, 0.1) is 12.1 Å². The van der Waals surface area contributed by atoms with Crippen molar-refractivity contribution in [3.8, 4) is 0 Å². The number of aliphatic hydroxyl groups is 1. The van der Waals surface area contributed by atoms with E-state index in [2.05, 4.69) is 5.32 Å². The number of aliphatic hydroxyl groups excluding tert-OH is 1. The van der Waals surface area contributed by atoms with Gasteiger partial charge in [0.1, 0.15) is 18.2 Å². The maximum atomic E-state index is 13.9. The summed E-state index contributed by atoms with van der Waals surface area (Å²) in [5, 5.41) is 12.7. The second-order valence-electron chi connectivity index (χ2n) is 12.7. The standard InChI is InChI=1S/C30H47N3O7/c1-20(2)16-23(31-27(37)39-19-21-12-10-9-11-13-21)25(35)30(6,7)17-24(26(36)33-15-14-22(34)18-33)32(8)28(38)40-29(3,4)5/h9-13,20,22-24,34H,14-19H2,1-8H3,(H,31,37)/t22?,23-,24-/m0/s1. The Morgan fingerprint density at radius 1 is 1.10 bits per heavy atom. The first-order valence-electron chi connectivity index (χ1n) is 13.9. The average Bonchev–Trinajstić information content (AvgIpc) is 3.30. The molecule has 1 aromatic rings. The highest BCUT2D eigenvalue weighted by molar-refractivity contribution is 5.93. The van der Waals surface area contributed by atoms with Crippen LogP contribution in [0.3, 0.4) is 0 Å². The van der Waals surface area contributed by atoms with Crippen molar-refractivity contribution < 1.29 is 33.8 Å². The minimum Gasteiger partial charge on any atom is -0.445 e. The summed E-state index contributed by atoms with van der Waals surface area (Å²) >= 11 is 0. The van der Waals surface area contributed by atoms with Gasteiger partial charge in [0, 0.05) is 25.6 Å². The van der Waals surface area contributed by atoms with Crippen LogP contribution in [0.5, 0.6) is 0 Å². The molecular weight excluding hydrogens is 514 g/mol. The molecule has 0 bridgehead atoms. The highest BCUT2D eigenvalue weighted by atomic mass is 16.6. The summed E-state index contributed by atoms with van der Waals surface area (Å²) in [5.74, 6) is -0.539.